The molecule has 4 heteroatoms. The van der Waals surface area contributed by atoms with Crippen LogP contribution in [0.25, 0.3) is 0 Å². The normalized spacial score (nSPS) is 11.0. The first-order valence-electron chi connectivity index (χ1n) is 6.91. The van der Waals surface area contributed by atoms with Gasteiger partial charge in [0.15, 0.2) is 0 Å². The molecule has 0 aliphatic carbocycles. The van der Waals surface area contributed by atoms with Crippen molar-refractivity contribution in [3.8, 4) is 11.5 Å². The van der Waals surface area contributed by atoms with Crippen LogP contribution in [0.4, 0.5) is 4.39 Å². The first-order valence-corrected chi connectivity index (χ1v) is 7.29. The van der Waals surface area contributed by atoms with E-state index >= 15 is 0 Å². The molecule has 112 valence electrons. The fourth-order valence-corrected chi connectivity index (χ4v) is 2.14. The van der Waals surface area contributed by atoms with E-state index in [1.807, 2.05) is 12.1 Å². The second-order valence-electron chi connectivity index (χ2n) is 5.30. The molecule has 0 aliphatic heterocycles. The molecule has 0 aliphatic rings. The first kappa shape index (κ1) is 15.8. The van der Waals surface area contributed by atoms with Crippen molar-refractivity contribution in [1.29, 1.82) is 0 Å². The van der Waals surface area contributed by atoms with Crippen molar-refractivity contribution in [2.75, 3.05) is 0 Å². The van der Waals surface area contributed by atoms with Gasteiger partial charge in [-0.3, -0.25) is 0 Å². The number of hydrogen-bond acceptors (Lipinski definition) is 2. The van der Waals surface area contributed by atoms with Gasteiger partial charge in [0, 0.05) is 17.6 Å². The number of nitrogens with one attached hydrogen (secondary N) is 1. The Morgan fingerprint density at radius 2 is 1.95 bits per heavy atom. The molecule has 0 radical (unpaired) electrons. The number of rotatable bonds is 5. The highest BCUT2D eigenvalue weighted by atomic mass is 35.5. The van der Waals surface area contributed by atoms with Gasteiger partial charge in [-0.25, -0.2) is 4.39 Å². The van der Waals surface area contributed by atoms with Gasteiger partial charge >= 0.3 is 0 Å². The number of benzene rings is 2. The molecule has 2 aromatic carbocycles. The summed E-state index contributed by atoms with van der Waals surface area (Å²) in [4.78, 5) is 0. The Labute approximate surface area is 129 Å². The molecule has 2 nitrogen and oxygen atoms in total. The lowest BCUT2D eigenvalue weighted by molar-refractivity contribution is 0.476. The number of aryl methyl sites for hydroxylation is 1. The molecule has 2 rings (SSSR count). The third-order valence-electron chi connectivity index (χ3n) is 3.09. The average Bonchev–Trinajstić information content (AvgIpc) is 2.41. The average molecular weight is 308 g/mol. The van der Waals surface area contributed by atoms with Gasteiger partial charge in [-0.15, -0.1) is 0 Å². The van der Waals surface area contributed by atoms with Crippen molar-refractivity contribution in [3.05, 3.63) is 58.4 Å². The molecule has 0 saturated heterocycles. The van der Waals surface area contributed by atoms with E-state index < -0.39 is 0 Å². The summed E-state index contributed by atoms with van der Waals surface area (Å²) >= 11 is 6.26. The molecule has 0 aromatic heterocycles. The molecule has 0 spiro atoms. The number of halogens is 2. The third-order valence-corrected chi connectivity index (χ3v) is 3.44. The molecular weight excluding hydrogens is 289 g/mol. The van der Waals surface area contributed by atoms with Crippen LogP contribution >= 0.6 is 11.6 Å². The first-order chi connectivity index (χ1) is 9.95. The smallest absolute Gasteiger partial charge is 0.130 e. The molecule has 0 fully saturated rings. The van der Waals surface area contributed by atoms with Crippen molar-refractivity contribution in [2.24, 2.45) is 0 Å². The van der Waals surface area contributed by atoms with Crippen molar-refractivity contribution < 1.29 is 9.13 Å². The Bertz CT molecular complexity index is 628. The molecular formula is C17H19ClFNO. The van der Waals surface area contributed by atoms with Gasteiger partial charge in [0.1, 0.15) is 17.3 Å². The summed E-state index contributed by atoms with van der Waals surface area (Å²) in [6.45, 7) is 6.69. The number of hydrogen-bond donors (Lipinski definition) is 1. The summed E-state index contributed by atoms with van der Waals surface area (Å²) in [7, 11) is 0. The topological polar surface area (TPSA) is 21.3 Å². The van der Waals surface area contributed by atoms with E-state index in [2.05, 4.69) is 19.2 Å². The van der Waals surface area contributed by atoms with Gasteiger partial charge in [0.25, 0.3) is 0 Å². The van der Waals surface area contributed by atoms with E-state index in [0.717, 1.165) is 11.1 Å². The molecule has 21 heavy (non-hydrogen) atoms. The lowest BCUT2D eigenvalue weighted by atomic mass is 10.2. The predicted molar refractivity (Wildman–Crippen MR) is 84.6 cm³/mol. The summed E-state index contributed by atoms with van der Waals surface area (Å²) in [5.41, 5.74) is 1.77. The van der Waals surface area contributed by atoms with Crippen LogP contribution in [0.5, 0.6) is 11.5 Å². The lowest BCUT2D eigenvalue weighted by Gasteiger charge is -2.12. The molecule has 0 saturated carbocycles. The Morgan fingerprint density at radius 3 is 2.57 bits per heavy atom. The fourth-order valence-electron chi connectivity index (χ4n) is 1.90. The maximum Gasteiger partial charge on any atom is 0.130 e. The molecule has 0 unspecified atom stereocenters. The highest BCUT2D eigenvalue weighted by molar-refractivity contribution is 6.31. The quantitative estimate of drug-likeness (QED) is 0.832. The Hall–Kier alpha value is -1.58. The van der Waals surface area contributed by atoms with Crippen LogP contribution in [0.15, 0.2) is 36.4 Å². The highest BCUT2D eigenvalue weighted by Crippen LogP contribution is 2.29. The minimum Gasteiger partial charge on any atom is -0.457 e. The molecule has 2 aromatic rings. The minimum atomic E-state index is -0.270. The molecule has 0 heterocycles. The van der Waals surface area contributed by atoms with Gasteiger partial charge in [0.2, 0.25) is 0 Å². The second kappa shape index (κ2) is 6.92. The van der Waals surface area contributed by atoms with Crippen LogP contribution in [-0.2, 0) is 6.54 Å². The standard InChI is InChI=1S/C17H19ClFNO/c1-11(2)20-10-13-4-6-15(9-16(13)18)21-17-7-5-14(19)8-12(17)3/h4-9,11,20H,10H2,1-3H3. The monoisotopic (exact) mass is 307 g/mol. The van der Waals surface area contributed by atoms with Crippen molar-refractivity contribution in [3.63, 3.8) is 0 Å². The lowest BCUT2D eigenvalue weighted by Crippen LogP contribution is -2.21. The summed E-state index contributed by atoms with van der Waals surface area (Å²) in [6.07, 6.45) is 0. The minimum absolute atomic E-state index is 0.270. The molecule has 0 amide bonds. The zero-order valence-electron chi connectivity index (χ0n) is 12.4. The van der Waals surface area contributed by atoms with Crippen LogP contribution in [0.1, 0.15) is 25.0 Å². The Morgan fingerprint density at radius 1 is 1.19 bits per heavy atom. The number of ether oxygens (including phenoxy) is 1. The highest BCUT2D eigenvalue weighted by Gasteiger charge is 2.06. The van der Waals surface area contributed by atoms with Crippen LogP contribution in [0, 0.1) is 12.7 Å². The van der Waals surface area contributed by atoms with Crippen LogP contribution < -0.4 is 10.1 Å². The zero-order valence-corrected chi connectivity index (χ0v) is 13.2. The van der Waals surface area contributed by atoms with Crippen molar-refractivity contribution >= 4 is 11.6 Å². The van der Waals surface area contributed by atoms with Gasteiger partial charge < -0.3 is 10.1 Å². The Kier molecular flexibility index (Phi) is 5.21. The maximum absolute atomic E-state index is 13.1. The van der Waals surface area contributed by atoms with E-state index in [1.54, 1.807) is 19.1 Å². The summed E-state index contributed by atoms with van der Waals surface area (Å²) < 4.78 is 18.8. The predicted octanol–water partition coefficient (Wildman–Crippen LogP) is 5.08. The van der Waals surface area contributed by atoms with Crippen molar-refractivity contribution in [1.82, 2.24) is 5.32 Å². The van der Waals surface area contributed by atoms with E-state index in [4.69, 9.17) is 16.3 Å². The van der Waals surface area contributed by atoms with E-state index in [-0.39, 0.29) is 5.82 Å². The summed E-state index contributed by atoms with van der Waals surface area (Å²) in [6, 6.07) is 10.4. The van der Waals surface area contributed by atoms with Gasteiger partial charge in [-0.05, 0) is 48.4 Å². The zero-order chi connectivity index (χ0) is 15.4. The van der Waals surface area contributed by atoms with Crippen LogP contribution in [0.3, 0.4) is 0 Å². The SMILES string of the molecule is Cc1cc(F)ccc1Oc1ccc(CNC(C)C)c(Cl)c1. The van der Waals surface area contributed by atoms with E-state index in [0.29, 0.717) is 29.1 Å². The van der Waals surface area contributed by atoms with Crippen molar-refractivity contribution in [2.45, 2.75) is 33.4 Å². The molecule has 1 N–H and O–H groups in total. The second-order valence-corrected chi connectivity index (χ2v) is 5.71. The largest absolute Gasteiger partial charge is 0.457 e. The van der Waals surface area contributed by atoms with Gasteiger partial charge in [-0.1, -0.05) is 31.5 Å². The summed E-state index contributed by atoms with van der Waals surface area (Å²) in [5, 5.41) is 3.97. The summed E-state index contributed by atoms with van der Waals surface area (Å²) in [5.74, 6) is 0.997. The van der Waals surface area contributed by atoms with E-state index in [9.17, 15) is 4.39 Å². The van der Waals surface area contributed by atoms with Gasteiger partial charge in [-0.2, -0.15) is 0 Å². The van der Waals surface area contributed by atoms with Crippen LogP contribution in [0.2, 0.25) is 5.02 Å². The van der Waals surface area contributed by atoms with E-state index in [1.165, 1.54) is 12.1 Å². The Balaban J connectivity index is 2.12. The third kappa shape index (κ3) is 4.45. The maximum atomic E-state index is 13.1. The van der Waals surface area contributed by atoms with Gasteiger partial charge in [0.05, 0.1) is 0 Å². The fraction of sp³-hybridized carbons (Fsp3) is 0.294. The van der Waals surface area contributed by atoms with Crippen LogP contribution in [-0.4, -0.2) is 6.04 Å². The molecule has 0 bridgehead atoms. The molecule has 0 atom stereocenters.